The van der Waals surface area contributed by atoms with Crippen LogP contribution in [0, 0.1) is 0 Å². The van der Waals surface area contributed by atoms with E-state index in [-0.39, 0.29) is 18.6 Å². The van der Waals surface area contributed by atoms with Gasteiger partial charge in [-0.15, -0.1) is 0 Å². The standard InChI is InChI=1S/C16H25BrN2O2/c1-4-13(18)9-12-10-14(7-8-15(12)17)21-11-16(20)19(5-2)6-3/h7-8,10,13H,4-6,9,11,18H2,1-3H3. The molecule has 0 aliphatic heterocycles. The number of hydrogen-bond acceptors (Lipinski definition) is 3. The largest absolute Gasteiger partial charge is 0.484 e. The van der Waals surface area contributed by atoms with Crippen molar-refractivity contribution in [2.75, 3.05) is 19.7 Å². The lowest BCUT2D eigenvalue weighted by Gasteiger charge is -2.19. The lowest BCUT2D eigenvalue weighted by Crippen LogP contribution is -2.34. The predicted molar refractivity (Wildman–Crippen MR) is 89.5 cm³/mol. The van der Waals surface area contributed by atoms with E-state index in [2.05, 4.69) is 22.9 Å². The maximum absolute atomic E-state index is 11.9. The number of halogens is 1. The Labute approximate surface area is 135 Å². The second-order valence-electron chi connectivity index (χ2n) is 4.98. The summed E-state index contributed by atoms with van der Waals surface area (Å²) in [4.78, 5) is 13.7. The van der Waals surface area contributed by atoms with Crippen LogP contribution in [-0.2, 0) is 11.2 Å². The monoisotopic (exact) mass is 356 g/mol. The van der Waals surface area contributed by atoms with Crippen molar-refractivity contribution in [2.45, 2.75) is 39.7 Å². The van der Waals surface area contributed by atoms with E-state index < -0.39 is 0 Å². The van der Waals surface area contributed by atoms with Crippen molar-refractivity contribution in [3.63, 3.8) is 0 Å². The quantitative estimate of drug-likeness (QED) is 0.778. The molecule has 118 valence electrons. The third-order valence-electron chi connectivity index (χ3n) is 3.50. The minimum atomic E-state index is 0.00901. The number of likely N-dealkylation sites (N-methyl/N-ethyl adjacent to an activating group) is 1. The Morgan fingerprint density at radius 2 is 2.00 bits per heavy atom. The first-order valence-electron chi connectivity index (χ1n) is 7.46. The van der Waals surface area contributed by atoms with Gasteiger partial charge < -0.3 is 15.4 Å². The van der Waals surface area contributed by atoms with E-state index in [4.69, 9.17) is 10.5 Å². The molecule has 4 nitrogen and oxygen atoms in total. The fourth-order valence-electron chi connectivity index (χ4n) is 2.04. The molecule has 1 aromatic rings. The van der Waals surface area contributed by atoms with Gasteiger partial charge >= 0.3 is 0 Å². The van der Waals surface area contributed by atoms with E-state index in [1.54, 1.807) is 4.90 Å². The molecule has 1 amide bonds. The van der Waals surface area contributed by atoms with Gasteiger partial charge in [0.1, 0.15) is 5.75 Å². The van der Waals surface area contributed by atoms with Crippen LogP contribution in [0.4, 0.5) is 0 Å². The van der Waals surface area contributed by atoms with Crippen molar-refractivity contribution in [2.24, 2.45) is 5.73 Å². The van der Waals surface area contributed by atoms with Crippen molar-refractivity contribution in [1.82, 2.24) is 4.90 Å². The highest BCUT2D eigenvalue weighted by molar-refractivity contribution is 9.10. The first kappa shape index (κ1) is 18.0. The van der Waals surface area contributed by atoms with Gasteiger partial charge in [0, 0.05) is 23.6 Å². The summed E-state index contributed by atoms with van der Waals surface area (Å²) in [6.07, 6.45) is 1.72. The zero-order valence-corrected chi connectivity index (χ0v) is 14.6. The summed E-state index contributed by atoms with van der Waals surface area (Å²) in [6.45, 7) is 7.48. The zero-order chi connectivity index (χ0) is 15.8. The Bertz CT molecular complexity index is 462. The minimum Gasteiger partial charge on any atom is -0.484 e. The van der Waals surface area contributed by atoms with Crippen LogP contribution < -0.4 is 10.5 Å². The molecule has 1 rings (SSSR count). The van der Waals surface area contributed by atoms with E-state index in [9.17, 15) is 4.79 Å². The lowest BCUT2D eigenvalue weighted by atomic mass is 10.0. The average molecular weight is 357 g/mol. The van der Waals surface area contributed by atoms with Gasteiger partial charge in [-0.2, -0.15) is 0 Å². The molecule has 5 heteroatoms. The molecule has 2 N–H and O–H groups in total. The van der Waals surface area contributed by atoms with Crippen LogP contribution in [0.2, 0.25) is 0 Å². The average Bonchev–Trinajstić information content (AvgIpc) is 2.49. The number of hydrogen-bond donors (Lipinski definition) is 1. The number of nitrogens with zero attached hydrogens (tertiary/aromatic N) is 1. The number of nitrogens with two attached hydrogens (primary N) is 1. The normalized spacial score (nSPS) is 12.0. The third kappa shape index (κ3) is 5.67. The van der Waals surface area contributed by atoms with Crippen molar-refractivity contribution >= 4 is 21.8 Å². The van der Waals surface area contributed by atoms with Gasteiger partial charge in [0.2, 0.25) is 0 Å². The van der Waals surface area contributed by atoms with Crippen molar-refractivity contribution in [1.29, 1.82) is 0 Å². The van der Waals surface area contributed by atoms with Crippen LogP contribution in [-0.4, -0.2) is 36.5 Å². The van der Waals surface area contributed by atoms with Gasteiger partial charge in [-0.25, -0.2) is 0 Å². The Balaban J connectivity index is 2.68. The number of rotatable bonds is 8. The molecule has 0 bridgehead atoms. The molecule has 1 aromatic carbocycles. The van der Waals surface area contributed by atoms with Crippen LogP contribution in [0.15, 0.2) is 22.7 Å². The topological polar surface area (TPSA) is 55.6 Å². The molecule has 0 saturated carbocycles. The fraction of sp³-hybridized carbons (Fsp3) is 0.562. The van der Waals surface area contributed by atoms with Crippen molar-refractivity contribution in [3.8, 4) is 5.75 Å². The van der Waals surface area contributed by atoms with E-state index in [0.717, 1.165) is 22.9 Å². The highest BCUT2D eigenvalue weighted by Gasteiger charge is 2.11. The Kier molecular flexibility index (Phi) is 7.75. The maximum atomic E-state index is 11.9. The van der Waals surface area contributed by atoms with Crippen LogP contribution >= 0.6 is 15.9 Å². The first-order chi connectivity index (χ1) is 10.0. The highest BCUT2D eigenvalue weighted by atomic mass is 79.9. The smallest absolute Gasteiger partial charge is 0.260 e. The summed E-state index contributed by atoms with van der Waals surface area (Å²) in [5.74, 6) is 0.715. The number of benzene rings is 1. The van der Waals surface area contributed by atoms with Gasteiger partial charge in [-0.1, -0.05) is 22.9 Å². The molecule has 0 aliphatic carbocycles. The maximum Gasteiger partial charge on any atom is 0.260 e. The van der Waals surface area contributed by atoms with Gasteiger partial charge in [0.25, 0.3) is 5.91 Å². The molecule has 0 radical (unpaired) electrons. The molecular weight excluding hydrogens is 332 g/mol. The van der Waals surface area contributed by atoms with Crippen molar-refractivity contribution in [3.05, 3.63) is 28.2 Å². The van der Waals surface area contributed by atoms with E-state index >= 15 is 0 Å². The highest BCUT2D eigenvalue weighted by Crippen LogP contribution is 2.24. The van der Waals surface area contributed by atoms with Crippen LogP contribution in [0.25, 0.3) is 0 Å². The fourth-order valence-corrected chi connectivity index (χ4v) is 2.45. The molecule has 0 heterocycles. The van der Waals surface area contributed by atoms with Crippen LogP contribution in [0.5, 0.6) is 5.75 Å². The van der Waals surface area contributed by atoms with E-state index in [1.165, 1.54) is 0 Å². The second-order valence-corrected chi connectivity index (χ2v) is 5.83. The predicted octanol–water partition coefficient (Wildman–Crippen LogP) is 2.98. The molecule has 0 saturated heterocycles. The second kappa shape index (κ2) is 9.05. The summed E-state index contributed by atoms with van der Waals surface area (Å²) in [7, 11) is 0. The molecule has 1 atom stereocenters. The van der Waals surface area contributed by atoms with Crippen LogP contribution in [0.3, 0.4) is 0 Å². The van der Waals surface area contributed by atoms with Gasteiger partial charge in [0.15, 0.2) is 6.61 Å². The number of carbonyl (C=O) groups excluding carboxylic acids is 1. The number of ether oxygens (including phenoxy) is 1. The molecule has 21 heavy (non-hydrogen) atoms. The molecular formula is C16H25BrN2O2. The SMILES string of the molecule is CCC(N)Cc1cc(OCC(=O)N(CC)CC)ccc1Br. The first-order valence-corrected chi connectivity index (χ1v) is 8.25. The summed E-state index contributed by atoms with van der Waals surface area (Å²) < 4.78 is 6.63. The number of amides is 1. The van der Waals surface area contributed by atoms with E-state index in [1.807, 2.05) is 32.0 Å². The number of carbonyl (C=O) groups is 1. The summed E-state index contributed by atoms with van der Waals surface area (Å²) in [5, 5.41) is 0. The Morgan fingerprint density at radius 1 is 1.33 bits per heavy atom. The minimum absolute atomic E-state index is 0.00901. The third-order valence-corrected chi connectivity index (χ3v) is 4.28. The molecule has 0 spiro atoms. The summed E-state index contributed by atoms with van der Waals surface area (Å²) in [5.41, 5.74) is 7.11. The summed E-state index contributed by atoms with van der Waals surface area (Å²) in [6, 6.07) is 5.89. The van der Waals surface area contributed by atoms with Gasteiger partial charge in [0.05, 0.1) is 0 Å². The van der Waals surface area contributed by atoms with Gasteiger partial charge in [-0.05, 0) is 50.5 Å². The lowest BCUT2D eigenvalue weighted by molar-refractivity contribution is -0.132. The molecule has 1 unspecified atom stereocenters. The Hall–Kier alpha value is -1.07. The van der Waals surface area contributed by atoms with Gasteiger partial charge in [-0.3, -0.25) is 4.79 Å². The molecule has 0 aliphatic rings. The van der Waals surface area contributed by atoms with Crippen LogP contribution in [0.1, 0.15) is 32.8 Å². The zero-order valence-electron chi connectivity index (χ0n) is 13.1. The summed E-state index contributed by atoms with van der Waals surface area (Å²) >= 11 is 3.53. The van der Waals surface area contributed by atoms with E-state index in [0.29, 0.717) is 18.8 Å². The molecule has 0 fully saturated rings. The Morgan fingerprint density at radius 3 is 2.57 bits per heavy atom. The van der Waals surface area contributed by atoms with Crippen molar-refractivity contribution < 1.29 is 9.53 Å². The molecule has 0 aromatic heterocycles.